The molecule has 0 aliphatic rings. The smallest absolute Gasteiger partial charge is 0.185 e. The fraction of sp³-hybridized carbons (Fsp3) is 0.417. The van der Waals surface area contributed by atoms with Crippen molar-refractivity contribution in [2.24, 2.45) is 16.5 Å². The van der Waals surface area contributed by atoms with Crippen molar-refractivity contribution in [3.63, 3.8) is 0 Å². The van der Waals surface area contributed by atoms with E-state index in [-0.39, 0.29) is 35.4 Å². The van der Waals surface area contributed by atoms with Crippen LogP contribution in [0.3, 0.4) is 0 Å². The molecule has 0 aromatic heterocycles. The molecule has 96 valence electrons. The molecule has 0 amide bonds. The summed E-state index contributed by atoms with van der Waals surface area (Å²) >= 11 is 0. The maximum atomic E-state index is 5.33. The molecular formula is C12H20IN3O. The number of benzene rings is 1. The molecule has 4 N–H and O–H groups in total. The van der Waals surface area contributed by atoms with Crippen LogP contribution in [0.25, 0.3) is 0 Å². The summed E-state index contributed by atoms with van der Waals surface area (Å²) in [5, 5.41) is 0. The van der Waals surface area contributed by atoms with E-state index in [9.17, 15) is 0 Å². The van der Waals surface area contributed by atoms with Crippen LogP contribution in [0.2, 0.25) is 0 Å². The van der Waals surface area contributed by atoms with Crippen LogP contribution in [0.1, 0.15) is 19.4 Å². The molecule has 5 heteroatoms. The Morgan fingerprint density at radius 2 is 1.76 bits per heavy atom. The maximum absolute atomic E-state index is 5.33. The molecule has 0 atom stereocenters. The van der Waals surface area contributed by atoms with Gasteiger partial charge >= 0.3 is 0 Å². The minimum absolute atomic E-state index is 0. The maximum Gasteiger partial charge on any atom is 0.185 e. The van der Waals surface area contributed by atoms with E-state index in [0.717, 1.165) is 5.75 Å². The fourth-order valence-electron chi connectivity index (χ4n) is 1.42. The molecule has 0 spiro atoms. The lowest BCUT2D eigenvalue weighted by Crippen LogP contribution is -2.28. The Balaban J connectivity index is 0.00000256. The molecule has 0 saturated heterocycles. The van der Waals surface area contributed by atoms with Crippen molar-refractivity contribution in [3.05, 3.63) is 29.8 Å². The van der Waals surface area contributed by atoms with Crippen molar-refractivity contribution in [1.82, 2.24) is 0 Å². The number of halogens is 1. The Bertz CT molecular complexity index is 370. The van der Waals surface area contributed by atoms with Gasteiger partial charge in [-0.2, -0.15) is 0 Å². The highest BCUT2D eigenvalue weighted by molar-refractivity contribution is 14.0. The van der Waals surface area contributed by atoms with Crippen molar-refractivity contribution in [1.29, 1.82) is 0 Å². The molecule has 1 aromatic rings. The number of hydrogen-bond acceptors (Lipinski definition) is 2. The van der Waals surface area contributed by atoms with Crippen LogP contribution in [0.4, 0.5) is 0 Å². The monoisotopic (exact) mass is 349 g/mol. The highest BCUT2D eigenvalue weighted by Gasteiger charge is 2.20. The molecule has 0 aliphatic heterocycles. The number of ether oxygens (including phenoxy) is 1. The summed E-state index contributed by atoms with van der Waals surface area (Å²) in [5.41, 5.74) is 11.8. The van der Waals surface area contributed by atoms with Gasteiger partial charge in [0.2, 0.25) is 0 Å². The first kappa shape index (κ1) is 16.0. The lowest BCUT2D eigenvalue weighted by Gasteiger charge is -2.23. The molecule has 0 unspecified atom stereocenters. The number of hydrogen-bond donors (Lipinski definition) is 2. The SMILES string of the molecule is COc1ccc(C(C)(C)CN=C(N)N)cc1.I. The van der Waals surface area contributed by atoms with Crippen molar-refractivity contribution in [2.75, 3.05) is 13.7 Å². The quantitative estimate of drug-likeness (QED) is 0.495. The average Bonchev–Trinajstić information content (AvgIpc) is 2.27. The van der Waals surface area contributed by atoms with Gasteiger partial charge in [0.05, 0.1) is 13.7 Å². The minimum atomic E-state index is -0.0870. The average molecular weight is 349 g/mol. The summed E-state index contributed by atoms with van der Waals surface area (Å²) in [6.45, 7) is 4.77. The van der Waals surface area contributed by atoms with E-state index in [4.69, 9.17) is 16.2 Å². The van der Waals surface area contributed by atoms with Gasteiger partial charge in [-0.05, 0) is 17.7 Å². The molecule has 0 bridgehead atoms. The zero-order valence-electron chi connectivity index (χ0n) is 10.4. The van der Waals surface area contributed by atoms with Crippen LogP contribution in [-0.2, 0) is 5.41 Å². The second-order valence-electron chi connectivity index (χ2n) is 4.35. The van der Waals surface area contributed by atoms with Gasteiger partial charge in [0.1, 0.15) is 5.75 Å². The van der Waals surface area contributed by atoms with E-state index < -0.39 is 0 Å². The predicted molar refractivity (Wildman–Crippen MR) is 82.1 cm³/mol. The van der Waals surface area contributed by atoms with E-state index >= 15 is 0 Å². The van der Waals surface area contributed by atoms with Crippen LogP contribution in [0.15, 0.2) is 29.3 Å². The molecule has 0 fully saturated rings. The first-order chi connectivity index (χ1) is 7.45. The Morgan fingerprint density at radius 3 is 2.18 bits per heavy atom. The molecule has 0 saturated carbocycles. The van der Waals surface area contributed by atoms with Crippen molar-refractivity contribution < 1.29 is 4.74 Å². The summed E-state index contributed by atoms with van der Waals surface area (Å²) < 4.78 is 5.11. The zero-order chi connectivity index (χ0) is 12.2. The Kier molecular flexibility index (Phi) is 6.30. The van der Waals surface area contributed by atoms with E-state index in [2.05, 4.69) is 18.8 Å². The number of guanidine groups is 1. The van der Waals surface area contributed by atoms with Gasteiger partial charge in [-0.15, -0.1) is 24.0 Å². The molecule has 1 rings (SSSR count). The number of nitrogens with zero attached hydrogens (tertiary/aromatic N) is 1. The summed E-state index contributed by atoms with van der Waals surface area (Å²) in [6, 6.07) is 7.93. The van der Waals surface area contributed by atoms with E-state index in [0.29, 0.717) is 6.54 Å². The van der Waals surface area contributed by atoms with Crippen molar-refractivity contribution in [3.8, 4) is 5.75 Å². The number of aliphatic imine (C=N–C) groups is 1. The number of nitrogens with two attached hydrogens (primary N) is 2. The van der Waals surface area contributed by atoms with Crippen LogP contribution >= 0.6 is 24.0 Å². The van der Waals surface area contributed by atoms with Crippen LogP contribution in [0.5, 0.6) is 5.75 Å². The topological polar surface area (TPSA) is 73.6 Å². The van der Waals surface area contributed by atoms with Gasteiger partial charge in [-0.25, -0.2) is 0 Å². The molecule has 1 aromatic carbocycles. The highest BCUT2D eigenvalue weighted by Crippen LogP contribution is 2.25. The summed E-state index contributed by atoms with van der Waals surface area (Å²) in [5.74, 6) is 0.975. The van der Waals surface area contributed by atoms with Crippen molar-refractivity contribution >= 4 is 29.9 Å². The zero-order valence-corrected chi connectivity index (χ0v) is 12.8. The summed E-state index contributed by atoms with van der Waals surface area (Å²) in [6.07, 6.45) is 0. The second kappa shape index (κ2) is 6.68. The lowest BCUT2D eigenvalue weighted by molar-refractivity contribution is 0.414. The predicted octanol–water partition coefficient (Wildman–Crippen LogP) is 1.86. The molecule has 17 heavy (non-hydrogen) atoms. The normalized spacial score (nSPS) is 10.3. The summed E-state index contributed by atoms with van der Waals surface area (Å²) in [7, 11) is 1.65. The van der Waals surface area contributed by atoms with Crippen LogP contribution in [0, 0.1) is 0 Å². The largest absolute Gasteiger partial charge is 0.497 e. The summed E-state index contributed by atoms with van der Waals surface area (Å²) in [4.78, 5) is 4.06. The Labute approximate surface area is 119 Å². The van der Waals surface area contributed by atoms with Crippen LogP contribution < -0.4 is 16.2 Å². The molecule has 4 nitrogen and oxygen atoms in total. The van der Waals surface area contributed by atoms with Gasteiger partial charge in [0.25, 0.3) is 0 Å². The van der Waals surface area contributed by atoms with Gasteiger partial charge in [0.15, 0.2) is 5.96 Å². The van der Waals surface area contributed by atoms with Gasteiger partial charge < -0.3 is 16.2 Å². The second-order valence-corrected chi connectivity index (χ2v) is 4.35. The standard InChI is InChI=1S/C12H19N3O.HI/c1-12(2,8-15-11(13)14)9-4-6-10(16-3)7-5-9;/h4-7H,8H2,1-3H3,(H4,13,14,15);1H. The number of methoxy groups -OCH3 is 1. The van der Waals surface area contributed by atoms with E-state index in [1.54, 1.807) is 7.11 Å². The molecule has 0 heterocycles. The third-order valence-electron chi connectivity index (χ3n) is 2.53. The van der Waals surface area contributed by atoms with E-state index in [1.165, 1.54) is 5.56 Å². The first-order valence-corrected chi connectivity index (χ1v) is 5.15. The molecule has 0 radical (unpaired) electrons. The van der Waals surface area contributed by atoms with Gasteiger partial charge in [0, 0.05) is 5.41 Å². The first-order valence-electron chi connectivity index (χ1n) is 5.15. The highest BCUT2D eigenvalue weighted by atomic mass is 127. The van der Waals surface area contributed by atoms with E-state index in [1.807, 2.05) is 24.3 Å². The molecular weight excluding hydrogens is 329 g/mol. The third-order valence-corrected chi connectivity index (χ3v) is 2.53. The van der Waals surface area contributed by atoms with Crippen molar-refractivity contribution in [2.45, 2.75) is 19.3 Å². The lowest BCUT2D eigenvalue weighted by atomic mass is 9.85. The number of rotatable bonds is 4. The fourth-order valence-corrected chi connectivity index (χ4v) is 1.42. The van der Waals surface area contributed by atoms with Gasteiger partial charge in [-0.3, -0.25) is 4.99 Å². The Hall–Kier alpha value is -0.980. The van der Waals surface area contributed by atoms with Crippen LogP contribution in [-0.4, -0.2) is 19.6 Å². The van der Waals surface area contributed by atoms with Gasteiger partial charge in [-0.1, -0.05) is 26.0 Å². The Morgan fingerprint density at radius 1 is 1.24 bits per heavy atom. The minimum Gasteiger partial charge on any atom is -0.497 e. The molecule has 0 aliphatic carbocycles. The third kappa shape index (κ3) is 4.80.